The number of aliphatic hydroxyl groups is 1. The van der Waals surface area contributed by atoms with E-state index in [0.29, 0.717) is 5.41 Å². The third-order valence-electron chi connectivity index (χ3n) is 3.61. The summed E-state index contributed by atoms with van der Waals surface area (Å²) in [6.07, 6.45) is 2.40. The van der Waals surface area contributed by atoms with Crippen LogP contribution in [0.25, 0.3) is 0 Å². The first-order valence-electron chi connectivity index (χ1n) is 5.99. The fourth-order valence-electron chi connectivity index (χ4n) is 4.12. The summed E-state index contributed by atoms with van der Waals surface area (Å²) in [7, 11) is 0. The maximum atomic E-state index is 9.17. The number of likely N-dealkylation sites (tertiary alicyclic amines) is 1. The van der Waals surface area contributed by atoms with E-state index in [9.17, 15) is 5.11 Å². The molecule has 0 aromatic carbocycles. The van der Waals surface area contributed by atoms with Gasteiger partial charge in [-0.1, -0.05) is 13.8 Å². The average molecular weight is 213 g/mol. The van der Waals surface area contributed by atoms with Gasteiger partial charge in [-0.25, -0.2) is 0 Å². The molecule has 1 saturated heterocycles. The molecule has 15 heavy (non-hydrogen) atoms. The van der Waals surface area contributed by atoms with E-state index in [2.05, 4.69) is 46.4 Å². The van der Waals surface area contributed by atoms with Crippen LogP contribution in [0, 0.1) is 5.41 Å². The minimum atomic E-state index is 0.188. The van der Waals surface area contributed by atoms with Crippen molar-refractivity contribution in [2.24, 2.45) is 5.41 Å². The number of hydrogen-bond acceptors (Lipinski definition) is 2. The van der Waals surface area contributed by atoms with Gasteiger partial charge in [0.2, 0.25) is 0 Å². The number of nitrogens with zero attached hydrogens (tertiary/aromatic N) is 1. The predicted octanol–water partition coefficient (Wildman–Crippen LogP) is 2.66. The summed E-state index contributed by atoms with van der Waals surface area (Å²) >= 11 is 0. The number of aliphatic hydroxyl groups excluding tert-OH is 1. The molecule has 1 aliphatic heterocycles. The van der Waals surface area contributed by atoms with E-state index >= 15 is 0 Å². The van der Waals surface area contributed by atoms with Crippen molar-refractivity contribution in [3.63, 3.8) is 0 Å². The largest absolute Gasteiger partial charge is 0.395 e. The lowest BCUT2D eigenvalue weighted by Gasteiger charge is -2.58. The highest BCUT2D eigenvalue weighted by atomic mass is 16.3. The molecule has 0 atom stereocenters. The van der Waals surface area contributed by atoms with Gasteiger partial charge in [0.15, 0.2) is 0 Å². The molecular formula is C13H27NO. The first kappa shape index (κ1) is 13.0. The third-order valence-corrected chi connectivity index (χ3v) is 3.61. The van der Waals surface area contributed by atoms with Gasteiger partial charge >= 0.3 is 0 Å². The molecule has 0 radical (unpaired) electrons. The van der Waals surface area contributed by atoms with Crippen molar-refractivity contribution in [1.29, 1.82) is 0 Å². The standard InChI is InChI=1S/C13H27NO/c1-11(2)9-12(3,4)14(7-8-15)13(5,6)10-11/h15H,7-10H2,1-6H3. The zero-order valence-corrected chi connectivity index (χ0v) is 11.2. The van der Waals surface area contributed by atoms with Crippen LogP contribution in [0.1, 0.15) is 54.4 Å². The summed E-state index contributed by atoms with van der Waals surface area (Å²) in [4.78, 5) is 2.46. The summed E-state index contributed by atoms with van der Waals surface area (Å²) in [5.74, 6) is 0. The first-order valence-corrected chi connectivity index (χ1v) is 5.99. The Morgan fingerprint density at radius 1 is 0.933 bits per heavy atom. The molecule has 0 saturated carbocycles. The van der Waals surface area contributed by atoms with E-state index in [1.54, 1.807) is 0 Å². The highest BCUT2D eigenvalue weighted by Gasteiger charge is 2.47. The van der Waals surface area contributed by atoms with E-state index in [1.807, 2.05) is 0 Å². The lowest BCUT2D eigenvalue weighted by Crippen LogP contribution is -2.62. The highest BCUT2D eigenvalue weighted by molar-refractivity contribution is 5.02. The SMILES string of the molecule is CC1(C)CC(C)(C)N(CCO)C(C)(C)C1. The average Bonchev–Trinajstić information content (AvgIpc) is 1.92. The second kappa shape index (κ2) is 3.74. The van der Waals surface area contributed by atoms with Crippen molar-refractivity contribution in [2.75, 3.05) is 13.2 Å². The molecular weight excluding hydrogens is 186 g/mol. The molecule has 1 heterocycles. The maximum absolute atomic E-state index is 9.17. The van der Waals surface area contributed by atoms with Crippen molar-refractivity contribution >= 4 is 0 Å². The second-order valence-electron chi connectivity index (χ2n) is 7.02. The van der Waals surface area contributed by atoms with Crippen LogP contribution in [0.15, 0.2) is 0 Å². The van der Waals surface area contributed by atoms with E-state index in [4.69, 9.17) is 0 Å². The van der Waals surface area contributed by atoms with Crippen molar-refractivity contribution in [2.45, 2.75) is 65.5 Å². The number of piperidine rings is 1. The molecule has 0 amide bonds. The van der Waals surface area contributed by atoms with Gasteiger partial charge < -0.3 is 5.11 Å². The molecule has 0 spiro atoms. The quantitative estimate of drug-likeness (QED) is 0.762. The smallest absolute Gasteiger partial charge is 0.0558 e. The normalized spacial score (nSPS) is 29.0. The van der Waals surface area contributed by atoms with Crippen LogP contribution in [-0.4, -0.2) is 34.2 Å². The number of rotatable bonds is 2. The van der Waals surface area contributed by atoms with Gasteiger partial charge in [-0.3, -0.25) is 4.90 Å². The zero-order valence-electron chi connectivity index (χ0n) is 11.2. The minimum absolute atomic E-state index is 0.188. The van der Waals surface area contributed by atoms with Crippen LogP contribution in [0.2, 0.25) is 0 Å². The molecule has 2 heteroatoms. The summed E-state index contributed by atoms with van der Waals surface area (Å²) in [6, 6.07) is 0. The van der Waals surface area contributed by atoms with Crippen LogP contribution < -0.4 is 0 Å². The van der Waals surface area contributed by atoms with Gasteiger partial charge in [-0.15, -0.1) is 0 Å². The van der Waals surface area contributed by atoms with Crippen molar-refractivity contribution in [3.8, 4) is 0 Å². The summed E-state index contributed by atoms with van der Waals surface area (Å²) < 4.78 is 0. The Labute approximate surface area is 94.7 Å². The fourth-order valence-corrected chi connectivity index (χ4v) is 4.12. The molecule has 1 rings (SSSR count). The Hall–Kier alpha value is -0.0800. The summed E-state index contributed by atoms with van der Waals surface area (Å²) in [5, 5.41) is 9.17. The molecule has 0 bridgehead atoms. The lowest BCUT2D eigenvalue weighted by atomic mass is 9.66. The van der Waals surface area contributed by atoms with Crippen LogP contribution >= 0.6 is 0 Å². The Bertz CT molecular complexity index is 211. The molecule has 0 aromatic rings. The monoisotopic (exact) mass is 213 g/mol. The topological polar surface area (TPSA) is 23.5 Å². The zero-order chi connectivity index (χ0) is 11.9. The molecule has 0 unspecified atom stereocenters. The van der Waals surface area contributed by atoms with Crippen molar-refractivity contribution in [1.82, 2.24) is 4.90 Å². The first-order chi connectivity index (χ1) is 6.61. The Morgan fingerprint density at radius 3 is 1.67 bits per heavy atom. The molecule has 2 nitrogen and oxygen atoms in total. The van der Waals surface area contributed by atoms with Gasteiger partial charge in [0, 0.05) is 17.6 Å². The Balaban J connectivity index is 2.95. The van der Waals surface area contributed by atoms with E-state index in [0.717, 1.165) is 6.54 Å². The summed E-state index contributed by atoms with van der Waals surface area (Å²) in [6.45, 7) is 14.9. The van der Waals surface area contributed by atoms with Gasteiger partial charge in [0.1, 0.15) is 0 Å². The van der Waals surface area contributed by atoms with Crippen molar-refractivity contribution < 1.29 is 5.11 Å². The molecule has 0 aliphatic carbocycles. The van der Waals surface area contributed by atoms with E-state index in [1.165, 1.54) is 12.8 Å². The van der Waals surface area contributed by atoms with E-state index < -0.39 is 0 Å². The summed E-state index contributed by atoms with van der Waals surface area (Å²) in [5.41, 5.74) is 0.779. The predicted molar refractivity (Wildman–Crippen MR) is 65.0 cm³/mol. The third kappa shape index (κ3) is 2.73. The van der Waals surface area contributed by atoms with Crippen molar-refractivity contribution in [3.05, 3.63) is 0 Å². The van der Waals surface area contributed by atoms with Crippen LogP contribution in [0.5, 0.6) is 0 Å². The van der Waals surface area contributed by atoms with Gasteiger partial charge in [-0.2, -0.15) is 0 Å². The van der Waals surface area contributed by atoms with Gasteiger partial charge in [-0.05, 0) is 46.0 Å². The Kier molecular flexibility index (Phi) is 3.24. The van der Waals surface area contributed by atoms with Crippen LogP contribution in [-0.2, 0) is 0 Å². The molecule has 90 valence electrons. The fraction of sp³-hybridized carbons (Fsp3) is 1.00. The number of hydrogen-bond donors (Lipinski definition) is 1. The molecule has 0 aromatic heterocycles. The Morgan fingerprint density at radius 2 is 1.33 bits per heavy atom. The van der Waals surface area contributed by atoms with Crippen LogP contribution in [0.4, 0.5) is 0 Å². The molecule has 1 N–H and O–H groups in total. The van der Waals surface area contributed by atoms with Crippen LogP contribution in [0.3, 0.4) is 0 Å². The number of β-amino-alcohol motifs (C(OH)–C–C–N with tert-alkyl or cyclic N) is 1. The van der Waals surface area contributed by atoms with Gasteiger partial charge in [0.05, 0.1) is 6.61 Å². The van der Waals surface area contributed by atoms with E-state index in [-0.39, 0.29) is 17.7 Å². The highest BCUT2D eigenvalue weighted by Crippen LogP contribution is 2.47. The minimum Gasteiger partial charge on any atom is -0.395 e. The molecule has 1 fully saturated rings. The lowest BCUT2D eigenvalue weighted by molar-refractivity contribution is -0.0832. The maximum Gasteiger partial charge on any atom is 0.0558 e. The molecule has 1 aliphatic rings. The van der Waals surface area contributed by atoms with Gasteiger partial charge in [0.25, 0.3) is 0 Å². The second-order valence-corrected chi connectivity index (χ2v) is 7.02.